The first kappa shape index (κ1) is 21.5. The first-order valence-corrected chi connectivity index (χ1v) is 10.4. The van der Waals surface area contributed by atoms with Crippen LogP contribution in [0, 0.1) is 11.8 Å². The van der Waals surface area contributed by atoms with Crippen molar-refractivity contribution in [1.29, 1.82) is 0 Å². The Morgan fingerprint density at radius 1 is 0.733 bits per heavy atom. The monoisotopic (exact) mass is 400 g/mol. The van der Waals surface area contributed by atoms with Crippen molar-refractivity contribution in [1.82, 2.24) is 0 Å². The zero-order chi connectivity index (χ0) is 21.0. The Labute approximate surface area is 179 Å². The summed E-state index contributed by atoms with van der Waals surface area (Å²) in [6.07, 6.45) is 2.19. The number of ether oxygens (including phenoxy) is 3. The van der Waals surface area contributed by atoms with Crippen LogP contribution in [0.1, 0.15) is 49.5 Å². The Morgan fingerprint density at radius 3 is 1.87 bits per heavy atom. The maximum atomic E-state index is 5.75. The molecule has 3 rings (SSSR count). The Hall–Kier alpha value is -3.22. The zero-order valence-corrected chi connectivity index (χ0v) is 17.6. The lowest BCUT2D eigenvalue weighted by Gasteiger charge is -2.14. The summed E-state index contributed by atoms with van der Waals surface area (Å²) in [7, 11) is 0. The highest BCUT2D eigenvalue weighted by Gasteiger charge is 2.04. The van der Waals surface area contributed by atoms with Crippen molar-refractivity contribution in [3.05, 3.63) is 95.6 Å². The molecule has 0 amide bonds. The van der Waals surface area contributed by atoms with E-state index in [-0.39, 0.29) is 12.9 Å². The van der Waals surface area contributed by atoms with Crippen molar-refractivity contribution >= 4 is 0 Å². The Bertz CT molecular complexity index is 935. The molecule has 3 heteroatoms. The SMILES string of the molecule is CCCCOc1ccc(C#Cc2ccc(OCOC(C)c3ccccc3)cc2)cc1. The average Bonchev–Trinajstić information content (AvgIpc) is 2.80. The molecule has 0 aliphatic carbocycles. The van der Waals surface area contributed by atoms with Gasteiger partial charge in [-0.3, -0.25) is 0 Å². The highest BCUT2D eigenvalue weighted by atomic mass is 16.7. The quantitative estimate of drug-likeness (QED) is 0.237. The number of rotatable bonds is 9. The molecule has 0 aliphatic rings. The van der Waals surface area contributed by atoms with Crippen molar-refractivity contribution in [2.75, 3.05) is 13.4 Å². The molecule has 0 aromatic heterocycles. The second-order valence-electron chi connectivity index (χ2n) is 6.98. The molecular formula is C27H28O3. The number of unbranched alkanes of at least 4 members (excludes halogenated alkanes) is 1. The summed E-state index contributed by atoms with van der Waals surface area (Å²) in [5.41, 5.74) is 3.03. The van der Waals surface area contributed by atoms with Gasteiger partial charge in [-0.2, -0.15) is 0 Å². The first-order valence-electron chi connectivity index (χ1n) is 10.4. The molecule has 0 bridgehead atoms. The molecule has 0 fully saturated rings. The third-order valence-corrected chi connectivity index (χ3v) is 4.64. The van der Waals surface area contributed by atoms with Crippen LogP contribution in [0.3, 0.4) is 0 Å². The molecule has 0 radical (unpaired) electrons. The van der Waals surface area contributed by atoms with Gasteiger partial charge in [0.25, 0.3) is 0 Å². The van der Waals surface area contributed by atoms with E-state index in [4.69, 9.17) is 14.2 Å². The van der Waals surface area contributed by atoms with E-state index in [1.807, 2.05) is 85.8 Å². The van der Waals surface area contributed by atoms with Crippen molar-refractivity contribution in [3.63, 3.8) is 0 Å². The molecule has 0 saturated heterocycles. The Balaban J connectivity index is 1.47. The minimum absolute atomic E-state index is 0.0141. The Morgan fingerprint density at radius 2 is 1.30 bits per heavy atom. The van der Waals surface area contributed by atoms with Crippen LogP contribution in [0.15, 0.2) is 78.9 Å². The first-order chi connectivity index (χ1) is 14.7. The molecule has 3 aromatic carbocycles. The van der Waals surface area contributed by atoms with Gasteiger partial charge in [-0.05, 0) is 67.4 Å². The van der Waals surface area contributed by atoms with Gasteiger partial charge in [0.05, 0.1) is 12.7 Å². The average molecular weight is 401 g/mol. The van der Waals surface area contributed by atoms with Crippen LogP contribution in [0.5, 0.6) is 11.5 Å². The van der Waals surface area contributed by atoms with Gasteiger partial charge in [0.1, 0.15) is 11.5 Å². The molecule has 0 N–H and O–H groups in total. The van der Waals surface area contributed by atoms with Gasteiger partial charge >= 0.3 is 0 Å². The number of hydrogen-bond donors (Lipinski definition) is 0. The van der Waals surface area contributed by atoms with Gasteiger partial charge in [0.2, 0.25) is 0 Å². The van der Waals surface area contributed by atoms with Crippen LogP contribution < -0.4 is 9.47 Å². The van der Waals surface area contributed by atoms with Gasteiger partial charge in [-0.1, -0.05) is 55.5 Å². The summed E-state index contributed by atoms with van der Waals surface area (Å²) < 4.78 is 17.1. The fourth-order valence-corrected chi connectivity index (χ4v) is 2.77. The fraction of sp³-hybridized carbons (Fsp3) is 0.259. The molecule has 3 nitrogen and oxygen atoms in total. The minimum atomic E-state index is -0.0141. The summed E-state index contributed by atoms with van der Waals surface area (Å²) in [6, 6.07) is 25.7. The normalized spacial score (nSPS) is 11.3. The van der Waals surface area contributed by atoms with Gasteiger partial charge < -0.3 is 14.2 Å². The summed E-state index contributed by atoms with van der Waals surface area (Å²) in [5.74, 6) is 8.01. The molecular weight excluding hydrogens is 372 g/mol. The summed E-state index contributed by atoms with van der Waals surface area (Å²) in [5, 5.41) is 0. The fourth-order valence-electron chi connectivity index (χ4n) is 2.77. The van der Waals surface area contributed by atoms with E-state index < -0.39 is 0 Å². The van der Waals surface area contributed by atoms with E-state index in [0.717, 1.165) is 47.6 Å². The van der Waals surface area contributed by atoms with Gasteiger partial charge in [-0.25, -0.2) is 0 Å². The third-order valence-electron chi connectivity index (χ3n) is 4.64. The lowest BCUT2D eigenvalue weighted by Crippen LogP contribution is -2.06. The molecule has 0 heterocycles. The smallest absolute Gasteiger partial charge is 0.189 e. The van der Waals surface area contributed by atoms with E-state index in [1.54, 1.807) is 0 Å². The van der Waals surface area contributed by atoms with Crippen molar-refractivity contribution in [3.8, 4) is 23.3 Å². The summed E-state index contributed by atoms with van der Waals surface area (Å²) in [4.78, 5) is 0. The predicted octanol–water partition coefficient (Wildman–Crippen LogP) is 6.38. The lowest BCUT2D eigenvalue weighted by atomic mass is 10.1. The van der Waals surface area contributed by atoms with Crippen molar-refractivity contribution in [2.45, 2.75) is 32.8 Å². The maximum Gasteiger partial charge on any atom is 0.189 e. The second kappa shape index (κ2) is 11.7. The molecule has 3 aromatic rings. The van der Waals surface area contributed by atoms with Gasteiger partial charge in [0.15, 0.2) is 6.79 Å². The summed E-state index contributed by atoms with van der Waals surface area (Å²) >= 11 is 0. The van der Waals surface area contributed by atoms with Crippen molar-refractivity contribution in [2.24, 2.45) is 0 Å². The minimum Gasteiger partial charge on any atom is -0.494 e. The lowest BCUT2D eigenvalue weighted by molar-refractivity contribution is -0.0294. The van der Waals surface area contributed by atoms with Crippen LogP contribution in [0.2, 0.25) is 0 Å². The standard InChI is InChI=1S/C27H28O3/c1-3-4-20-28-26-16-12-23(13-17-26)10-11-24-14-18-27(19-15-24)30-21-29-22(2)25-8-6-5-7-9-25/h5-9,12-19,22H,3-4,20-21H2,1-2H3. The van der Waals surface area contributed by atoms with Crippen LogP contribution in [-0.4, -0.2) is 13.4 Å². The van der Waals surface area contributed by atoms with E-state index in [0.29, 0.717) is 0 Å². The molecule has 154 valence electrons. The predicted molar refractivity (Wildman–Crippen MR) is 121 cm³/mol. The van der Waals surface area contributed by atoms with Crippen molar-refractivity contribution < 1.29 is 14.2 Å². The molecule has 1 atom stereocenters. The van der Waals surface area contributed by atoms with E-state index in [9.17, 15) is 0 Å². The molecule has 0 spiro atoms. The van der Waals surface area contributed by atoms with E-state index in [1.165, 1.54) is 0 Å². The number of hydrogen-bond acceptors (Lipinski definition) is 3. The maximum absolute atomic E-state index is 5.75. The third kappa shape index (κ3) is 6.99. The van der Waals surface area contributed by atoms with Crippen LogP contribution in [0.4, 0.5) is 0 Å². The molecule has 0 aliphatic heterocycles. The topological polar surface area (TPSA) is 27.7 Å². The van der Waals surface area contributed by atoms with Gasteiger partial charge in [-0.15, -0.1) is 0 Å². The molecule has 1 unspecified atom stereocenters. The Kier molecular flexibility index (Phi) is 8.38. The highest BCUT2D eigenvalue weighted by Crippen LogP contribution is 2.17. The zero-order valence-electron chi connectivity index (χ0n) is 17.6. The largest absolute Gasteiger partial charge is 0.494 e. The van der Waals surface area contributed by atoms with Crippen LogP contribution in [-0.2, 0) is 4.74 Å². The molecule has 30 heavy (non-hydrogen) atoms. The van der Waals surface area contributed by atoms with E-state index in [2.05, 4.69) is 18.8 Å². The van der Waals surface area contributed by atoms with Crippen LogP contribution >= 0.6 is 0 Å². The van der Waals surface area contributed by atoms with Gasteiger partial charge in [0, 0.05) is 11.1 Å². The number of benzene rings is 3. The highest BCUT2D eigenvalue weighted by molar-refractivity contribution is 5.45. The van der Waals surface area contributed by atoms with E-state index >= 15 is 0 Å². The summed E-state index contributed by atoms with van der Waals surface area (Å²) in [6.45, 7) is 5.13. The second-order valence-corrected chi connectivity index (χ2v) is 6.98. The molecule has 0 saturated carbocycles. The van der Waals surface area contributed by atoms with Crippen LogP contribution in [0.25, 0.3) is 0 Å².